The Morgan fingerprint density at radius 2 is 2.38 bits per heavy atom. The molecule has 1 fully saturated rings. The molecule has 7 heteroatoms. The number of aromatic nitrogens is 1. The number of hydrogen-bond donors (Lipinski definition) is 1. The number of ether oxygens (including phenoxy) is 1. The predicted octanol–water partition coefficient (Wildman–Crippen LogP) is 0.940. The lowest BCUT2D eigenvalue weighted by atomic mass is 10.1. The van der Waals surface area contributed by atoms with Crippen LogP contribution in [0, 0.1) is 0 Å². The molecule has 0 bridgehead atoms. The maximum absolute atomic E-state index is 12.8. The van der Waals surface area contributed by atoms with Crippen LogP contribution in [0.1, 0.15) is 26.2 Å². The van der Waals surface area contributed by atoms with E-state index in [1.54, 1.807) is 17.2 Å². The van der Waals surface area contributed by atoms with Crippen molar-refractivity contribution >= 4 is 23.3 Å². The third-order valence-corrected chi connectivity index (χ3v) is 4.43. The maximum atomic E-state index is 12.8. The molecule has 7 nitrogen and oxygen atoms in total. The first kappa shape index (κ1) is 16.7. The summed E-state index contributed by atoms with van der Waals surface area (Å²) < 4.78 is 5.25. The van der Waals surface area contributed by atoms with Crippen LogP contribution in [-0.2, 0) is 14.3 Å². The second-order valence-corrected chi connectivity index (χ2v) is 6.02. The van der Waals surface area contributed by atoms with Crippen molar-refractivity contribution in [3.05, 3.63) is 18.3 Å². The number of anilines is 2. The fourth-order valence-corrected chi connectivity index (χ4v) is 3.30. The van der Waals surface area contributed by atoms with Gasteiger partial charge in [-0.15, -0.1) is 0 Å². The van der Waals surface area contributed by atoms with E-state index in [0.29, 0.717) is 19.8 Å². The van der Waals surface area contributed by atoms with E-state index in [4.69, 9.17) is 4.74 Å². The summed E-state index contributed by atoms with van der Waals surface area (Å²) >= 11 is 0. The Bertz CT molecular complexity index is 607. The molecular weight excluding hydrogens is 308 g/mol. The summed E-state index contributed by atoms with van der Waals surface area (Å²) in [6, 6.07) is 3.48. The molecule has 1 aromatic rings. The number of nitrogens with one attached hydrogen (secondary N) is 1. The first-order chi connectivity index (χ1) is 11.7. The van der Waals surface area contributed by atoms with Crippen LogP contribution in [0.3, 0.4) is 0 Å². The van der Waals surface area contributed by atoms with Crippen LogP contribution in [0.5, 0.6) is 0 Å². The third kappa shape index (κ3) is 3.36. The SMILES string of the molecule is CCOCCCNC(=O)CN1C(=O)[C@H]2CCCN2c2ncccc21. The number of carbonyl (C=O) groups excluding carboxylic acids is 2. The summed E-state index contributed by atoms with van der Waals surface area (Å²) in [6.45, 7) is 4.68. The molecule has 130 valence electrons. The first-order valence-electron chi connectivity index (χ1n) is 8.60. The van der Waals surface area contributed by atoms with Crippen LogP contribution in [-0.4, -0.2) is 55.7 Å². The van der Waals surface area contributed by atoms with Gasteiger partial charge in [0.2, 0.25) is 11.8 Å². The topological polar surface area (TPSA) is 74.8 Å². The van der Waals surface area contributed by atoms with Crippen LogP contribution in [0.25, 0.3) is 0 Å². The van der Waals surface area contributed by atoms with Crippen molar-refractivity contribution in [2.75, 3.05) is 42.6 Å². The number of pyridine rings is 1. The molecule has 2 amide bonds. The fraction of sp³-hybridized carbons (Fsp3) is 0.588. The quantitative estimate of drug-likeness (QED) is 0.752. The third-order valence-electron chi connectivity index (χ3n) is 4.43. The Labute approximate surface area is 142 Å². The Morgan fingerprint density at radius 3 is 3.21 bits per heavy atom. The van der Waals surface area contributed by atoms with Crippen molar-refractivity contribution < 1.29 is 14.3 Å². The molecule has 0 radical (unpaired) electrons. The minimum absolute atomic E-state index is 0.00235. The predicted molar refractivity (Wildman–Crippen MR) is 91.1 cm³/mol. The van der Waals surface area contributed by atoms with E-state index < -0.39 is 0 Å². The van der Waals surface area contributed by atoms with E-state index in [9.17, 15) is 9.59 Å². The number of nitrogens with zero attached hydrogens (tertiary/aromatic N) is 3. The molecule has 1 N–H and O–H groups in total. The molecule has 2 aliphatic rings. The molecule has 3 heterocycles. The zero-order chi connectivity index (χ0) is 16.9. The highest BCUT2D eigenvalue weighted by Crippen LogP contribution is 2.37. The minimum atomic E-state index is -0.182. The normalized spacial score (nSPS) is 19.2. The van der Waals surface area contributed by atoms with Crippen molar-refractivity contribution in [2.24, 2.45) is 0 Å². The Kier molecular flexibility index (Phi) is 5.30. The zero-order valence-electron chi connectivity index (χ0n) is 14.0. The molecule has 0 aromatic carbocycles. The van der Waals surface area contributed by atoms with Crippen molar-refractivity contribution in [3.8, 4) is 0 Å². The van der Waals surface area contributed by atoms with Gasteiger partial charge in [-0.2, -0.15) is 0 Å². The molecule has 0 unspecified atom stereocenters. The van der Waals surface area contributed by atoms with Crippen LogP contribution in [0.15, 0.2) is 18.3 Å². The van der Waals surface area contributed by atoms with Gasteiger partial charge in [-0.05, 0) is 38.3 Å². The van der Waals surface area contributed by atoms with Gasteiger partial charge in [0, 0.05) is 32.5 Å². The Hall–Kier alpha value is -2.15. The minimum Gasteiger partial charge on any atom is -0.382 e. The van der Waals surface area contributed by atoms with E-state index in [1.807, 2.05) is 13.0 Å². The lowest BCUT2D eigenvalue weighted by molar-refractivity contribution is -0.124. The molecule has 2 aliphatic heterocycles. The summed E-state index contributed by atoms with van der Waals surface area (Å²) in [7, 11) is 0. The summed E-state index contributed by atoms with van der Waals surface area (Å²) in [5.41, 5.74) is 0.727. The van der Waals surface area contributed by atoms with Crippen molar-refractivity contribution in [3.63, 3.8) is 0 Å². The number of hydrogen-bond acceptors (Lipinski definition) is 5. The van der Waals surface area contributed by atoms with E-state index in [1.165, 1.54) is 0 Å². The number of fused-ring (bicyclic) bond motifs is 3. The standard InChI is InChI=1S/C17H24N4O3/c1-2-24-11-5-9-18-15(22)12-21-13-6-3-8-19-16(13)20-10-4-7-14(20)17(21)23/h3,6,8,14H,2,4-5,7,9-12H2,1H3,(H,18,22)/t14-/m1/s1. The van der Waals surface area contributed by atoms with Crippen LogP contribution in [0.4, 0.5) is 11.5 Å². The highest BCUT2D eigenvalue weighted by Gasteiger charge is 2.41. The lowest BCUT2D eigenvalue weighted by Crippen LogP contribution is -2.53. The zero-order valence-corrected chi connectivity index (χ0v) is 14.0. The van der Waals surface area contributed by atoms with E-state index in [-0.39, 0.29) is 24.4 Å². The number of amides is 2. The molecule has 1 aromatic heterocycles. The van der Waals surface area contributed by atoms with Gasteiger partial charge in [-0.3, -0.25) is 14.5 Å². The van der Waals surface area contributed by atoms with Crippen molar-refractivity contribution in [1.29, 1.82) is 0 Å². The molecule has 0 spiro atoms. The van der Waals surface area contributed by atoms with Gasteiger partial charge in [-0.25, -0.2) is 4.98 Å². The summed E-state index contributed by atoms with van der Waals surface area (Å²) in [6.07, 6.45) is 4.29. The highest BCUT2D eigenvalue weighted by atomic mass is 16.5. The molecule has 0 aliphatic carbocycles. The van der Waals surface area contributed by atoms with E-state index in [0.717, 1.165) is 37.3 Å². The smallest absolute Gasteiger partial charge is 0.250 e. The van der Waals surface area contributed by atoms with Gasteiger partial charge < -0.3 is 15.0 Å². The average molecular weight is 332 g/mol. The Morgan fingerprint density at radius 1 is 1.50 bits per heavy atom. The molecule has 1 saturated heterocycles. The van der Waals surface area contributed by atoms with Gasteiger partial charge >= 0.3 is 0 Å². The number of rotatable bonds is 7. The average Bonchev–Trinajstić information content (AvgIpc) is 3.08. The van der Waals surface area contributed by atoms with Crippen molar-refractivity contribution in [1.82, 2.24) is 10.3 Å². The molecule has 1 atom stereocenters. The second kappa shape index (κ2) is 7.61. The van der Waals surface area contributed by atoms with E-state index >= 15 is 0 Å². The van der Waals surface area contributed by atoms with Gasteiger partial charge in [0.05, 0.1) is 5.69 Å². The number of carbonyl (C=O) groups is 2. The first-order valence-corrected chi connectivity index (χ1v) is 8.60. The van der Waals surface area contributed by atoms with Gasteiger partial charge in [0.25, 0.3) is 0 Å². The van der Waals surface area contributed by atoms with Crippen LogP contribution < -0.4 is 15.1 Å². The van der Waals surface area contributed by atoms with E-state index in [2.05, 4.69) is 15.2 Å². The summed E-state index contributed by atoms with van der Waals surface area (Å²) in [5, 5.41) is 2.85. The molecule has 24 heavy (non-hydrogen) atoms. The summed E-state index contributed by atoms with van der Waals surface area (Å²) in [4.78, 5) is 33.1. The fourth-order valence-electron chi connectivity index (χ4n) is 3.30. The Balaban J connectivity index is 1.65. The second-order valence-electron chi connectivity index (χ2n) is 6.02. The molecular formula is C17H24N4O3. The van der Waals surface area contributed by atoms with Crippen molar-refractivity contribution in [2.45, 2.75) is 32.2 Å². The van der Waals surface area contributed by atoms with Gasteiger partial charge in [0.1, 0.15) is 12.6 Å². The van der Waals surface area contributed by atoms with Crippen LogP contribution in [0.2, 0.25) is 0 Å². The molecule has 3 rings (SSSR count). The van der Waals surface area contributed by atoms with Gasteiger partial charge in [-0.1, -0.05) is 0 Å². The largest absolute Gasteiger partial charge is 0.382 e. The monoisotopic (exact) mass is 332 g/mol. The highest BCUT2D eigenvalue weighted by molar-refractivity contribution is 6.07. The lowest BCUT2D eigenvalue weighted by Gasteiger charge is -2.38. The maximum Gasteiger partial charge on any atom is 0.250 e. The summed E-state index contributed by atoms with van der Waals surface area (Å²) in [5.74, 6) is 0.655. The van der Waals surface area contributed by atoms with Gasteiger partial charge in [0.15, 0.2) is 5.82 Å². The van der Waals surface area contributed by atoms with Crippen LogP contribution >= 0.6 is 0 Å². The molecule has 0 saturated carbocycles.